The highest BCUT2D eigenvalue weighted by Crippen LogP contribution is 2.31. The van der Waals surface area contributed by atoms with Gasteiger partial charge in [0.25, 0.3) is 11.1 Å². The van der Waals surface area contributed by atoms with Gasteiger partial charge in [-0.25, -0.2) is 4.98 Å². The predicted octanol–water partition coefficient (Wildman–Crippen LogP) is 4.76. The van der Waals surface area contributed by atoms with Gasteiger partial charge in [-0.05, 0) is 31.5 Å². The van der Waals surface area contributed by atoms with Crippen molar-refractivity contribution in [3.63, 3.8) is 0 Å². The molecule has 0 spiro atoms. The number of aromatic nitrogens is 3. The number of hydrogen-bond donors (Lipinski definition) is 0. The lowest BCUT2D eigenvalue weighted by Gasteiger charge is -1.97. The lowest BCUT2D eigenvalue weighted by molar-refractivity contribution is 0.466. The second-order valence-electron chi connectivity index (χ2n) is 4.44. The van der Waals surface area contributed by atoms with Crippen molar-refractivity contribution in [1.29, 1.82) is 0 Å². The molecule has 0 unspecified atom stereocenters. The van der Waals surface area contributed by atoms with Crippen molar-refractivity contribution in [1.82, 2.24) is 15.2 Å². The van der Waals surface area contributed by atoms with E-state index in [1.54, 1.807) is 11.3 Å². The molecular weight excluding hydrogens is 326 g/mol. The Bertz CT molecular complexity index is 752. The molecule has 108 valence electrons. The molecule has 4 nitrogen and oxygen atoms in total. The molecule has 0 saturated heterocycles. The van der Waals surface area contributed by atoms with Crippen LogP contribution in [-0.2, 0) is 5.75 Å². The summed E-state index contributed by atoms with van der Waals surface area (Å²) in [4.78, 5) is 5.31. The SMILES string of the molecule is Cc1nc(C)c(-c2nnc(SCc3ccc(Cl)cc3)o2)s1. The number of thioether (sulfide) groups is 1. The maximum absolute atomic E-state index is 5.86. The Morgan fingerprint density at radius 3 is 2.62 bits per heavy atom. The molecule has 0 radical (unpaired) electrons. The molecule has 7 heteroatoms. The summed E-state index contributed by atoms with van der Waals surface area (Å²) in [6.45, 7) is 3.91. The van der Waals surface area contributed by atoms with Crippen LogP contribution in [0, 0.1) is 13.8 Å². The summed E-state index contributed by atoms with van der Waals surface area (Å²) in [6, 6.07) is 7.73. The number of aryl methyl sites for hydroxylation is 2. The molecule has 3 aromatic rings. The molecule has 2 heterocycles. The van der Waals surface area contributed by atoms with Crippen molar-refractivity contribution in [2.75, 3.05) is 0 Å². The number of benzene rings is 1. The van der Waals surface area contributed by atoms with Crippen molar-refractivity contribution in [2.45, 2.75) is 24.8 Å². The maximum atomic E-state index is 5.86. The minimum absolute atomic E-state index is 0.539. The highest BCUT2D eigenvalue weighted by atomic mass is 35.5. The average Bonchev–Trinajstić information content (AvgIpc) is 3.04. The van der Waals surface area contributed by atoms with Crippen LogP contribution in [0.15, 0.2) is 33.9 Å². The minimum atomic E-state index is 0.539. The Balaban J connectivity index is 1.70. The fourth-order valence-electron chi connectivity index (χ4n) is 1.82. The first-order valence-corrected chi connectivity index (χ1v) is 8.45. The molecule has 3 rings (SSSR count). The van der Waals surface area contributed by atoms with Gasteiger partial charge in [-0.15, -0.1) is 21.5 Å². The predicted molar refractivity (Wildman–Crippen MR) is 85.9 cm³/mol. The summed E-state index contributed by atoms with van der Waals surface area (Å²) in [5, 5.41) is 10.5. The topological polar surface area (TPSA) is 51.8 Å². The molecule has 0 aliphatic carbocycles. The van der Waals surface area contributed by atoms with Gasteiger partial charge in [-0.3, -0.25) is 0 Å². The van der Waals surface area contributed by atoms with Gasteiger partial charge >= 0.3 is 0 Å². The van der Waals surface area contributed by atoms with Crippen molar-refractivity contribution < 1.29 is 4.42 Å². The van der Waals surface area contributed by atoms with Gasteiger partial charge in [0.2, 0.25) is 0 Å². The van der Waals surface area contributed by atoms with E-state index in [1.165, 1.54) is 11.8 Å². The van der Waals surface area contributed by atoms with Gasteiger partial charge in [0.1, 0.15) is 4.88 Å². The van der Waals surface area contributed by atoms with Gasteiger partial charge in [-0.1, -0.05) is 35.5 Å². The Morgan fingerprint density at radius 1 is 1.19 bits per heavy atom. The van der Waals surface area contributed by atoms with E-state index >= 15 is 0 Å². The van der Waals surface area contributed by atoms with Gasteiger partial charge < -0.3 is 4.42 Å². The third kappa shape index (κ3) is 3.45. The highest BCUT2D eigenvalue weighted by molar-refractivity contribution is 7.98. The van der Waals surface area contributed by atoms with E-state index in [-0.39, 0.29) is 0 Å². The number of hydrogen-bond acceptors (Lipinski definition) is 6. The molecule has 0 saturated carbocycles. The van der Waals surface area contributed by atoms with Crippen LogP contribution in [0.1, 0.15) is 16.3 Å². The van der Waals surface area contributed by atoms with Crippen LogP contribution in [0.3, 0.4) is 0 Å². The average molecular weight is 338 g/mol. The van der Waals surface area contributed by atoms with Gasteiger partial charge in [0.05, 0.1) is 10.7 Å². The van der Waals surface area contributed by atoms with Crippen molar-refractivity contribution in [2.24, 2.45) is 0 Å². The molecular formula is C14H12ClN3OS2. The quantitative estimate of drug-likeness (QED) is 0.643. The molecule has 0 amide bonds. The number of nitrogens with zero attached hydrogens (tertiary/aromatic N) is 3. The zero-order chi connectivity index (χ0) is 14.8. The van der Waals surface area contributed by atoms with Gasteiger partial charge in [0, 0.05) is 10.8 Å². The molecule has 2 aromatic heterocycles. The molecule has 1 aromatic carbocycles. The lowest BCUT2D eigenvalue weighted by atomic mass is 10.2. The molecule has 0 aliphatic rings. The smallest absolute Gasteiger partial charge is 0.277 e. The zero-order valence-corrected chi connectivity index (χ0v) is 13.8. The van der Waals surface area contributed by atoms with Crippen LogP contribution in [0.25, 0.3) is 10.8 Å². The summed E-state index contributed by atoms with van der Waals surface area (Å²) in [6.07, 6.45) is 0. The summed E-state index contributed by atoms with van der Waals surface area (Å²) in [5.41, 5.74) is 2.09. The lowest BCUT2D eigenvalue weighted by Crippen LogP contribution is -1.79. The van der Waals surface area contributed by atoms with Crippen LogP contribution in [0.4, 0.5) is 0 Å². The van der Waals surface area contributed by atoms with Gasteiger partial charge in [-0.2, -0.15) is 0 Å². The minimum Gasteiger partial charge on any atom is -0.410 e. The molecule has 0 N–H and O–H groups in total. The largest absolute Gasteiger partial charge is 0.410 e. The molecule has 0 fully saturated rings. The Labute approximate surface area is 135 Å². The Morgan fingerprint density at radius 2 is 1.95 bits per heavy atom. The Hall–Kier alpha value is -1.37. The van der Waals surface area contributed by atoms with Crippen LogP contribution in [-0.4, -0.2) is 15.2 Å². The van der Waals surface area contributed by atoms with Crippen LogP contribution in [0.5, 0.6) is 0 Å². The van der Waals surface area contributed by atoms with Crippen molar-refractivity contribution >= 4 is 34.7 Å². The van der Waals surface area contributed by atoms with Gasteiger partial charge in [0.15, 0.2) is 0 Å². The summed E-state index contributed by atoms with van der Waals surface area (Å²) in [5.74, 6) is 1.30. The van der Waals surface area contributed by atoms with E-state index in [1.807, 2.05) is 38.1 Å². The first-order chi connectivity index (χ1) is 10.1. The number of thiazole rings is 1. The molecule has 0 atom stereocenters. The van der Waals surface area contributed by atoms with Crippen molar-refractivity contribution in [3.8, 4) is 10.8 Å². The maximum Gasteiger partial charge on any atom is 0.277 e. The first kappa shape index (κ1) is 14.6. The third-order valence-corrected chi connectivity index (χ3v) is 4.98. The zero-order valence-electron chi connectivity index (χ0n) is 11.5. The normalized spacial score (nSPS) is 11.0. The van der Waals surface area contributed by atoms with E-state index in [0.29, 0.717) is 11.1 Å². The molecule has 0 aliphatic heterocycles. The van der Waals surface area contributed by atoms with E-state index in [9.17, 15) is 0 Å². The molecule has 0 bridgehead atoms. The number of rotatable bonds is 4. The van der Waals surface area contributed by atoms with E-state index in [0.717, 1.165) is 31.9 Å². The second kappa shape index (κ2) is 6.17. The fourth-order valence-corrected chi connectivity index (χ4v) is 3.50. The highest BCUT2D eigenvalue weighted by Gasteiger charge is 2.15. The van der Waals surface area contributed by atoms with Crippen molar-refractivity contribution in [3.05, 3.63) is 45.6 Å². The summed E-state index contributed by atoms with van der Waals surface area (Å²) in [7, 11) is 0. The monoisotopic (exact) mass is 337 g/mol. The standard InChI is InChI=1S/C14H12ClN3OS2/c1-8-12(21-9(2)16-8)13-17-18-14(19-13)20-7-10-3-5-11(15)6-4-10/h3-6H,7H2,1-2H3. The van der Waals surface area contributed by atoms with E-state index in [2.05, 4.69) is 15.2 Å². The Kier molecular flexibility index (Phi) is 4.28. The fraction of sp³-hybridized carbons (Fsp3) is 0.214. The second-order valence-corrected chi connectivity index (χ2v) is 7.00. The summed E-state index contributed by atoms with van der Waals surface area (Å²) >= 11 is 8.94. The third-order valence-electron chi connectivity index (χ3n) is 2.78. The van der Waals surface area contributed by atoms with E-state index < -0.39 is 0 Å². The van der Waals surface area contributed by atoms with Crippen LogP contribution < -0.4 is 0 Å². The molecule has 21 heavy (non-hydrogen) atoms. The summed E-state index contributed by atoms with van der Waals surface area (Å²) < 4.78 is 5.69. The van der Waals surface area contributed by atoms with Crippen LogP contribution in [0.2, 0.25) is 5.02 Å². The van der Waals surface area contributed by atoms with Crippen LogP contribution >= 0.6 is 34.7 Å². The number of halogens is 1. The first-order valence-electron chi connectivity index (χ1n) is 6.27. The van der Waals surface area contributed by atoms with E-state index in [4.69, 9.17) is 16.0 Å².